The second-order valence-electron chi connectivity index (χ2n) is 7.85. The first-order valence-electron chi connectivity index (χ1n) is 7.95. The third-order valence-corrected chi connectivity index (χ3v) is 4.75. The number of aliphatic carboxylic acids is 1. The van der Waals surface area contributed by atoms with Crippen molar-refractivity contribution in [2.75, 3.05) is 0 Å². The average Bonchev–Trinajstić information content (AvgIpc) is 2.60. The molecule has 7 nitrogen and oxygen atoms in total. The molecule has 23 heavy (non-hydrogen) atoms. The van der Waals surface area contributed by atoms with Gasteiger partial charge in [-0.15, -0.1) is 0 Å². The Morgan fingerprint density at radius 3 is 2.04 bits per heavy atom. The largest absolute Gasteiger partial charge is 0.481 e. The standard InChI is InChI=1S/C16H29N3O4/c1-9(18-13(23)10(17)8-11(20)21)12(22)19-14-15(2,3)6-7-16(14,4)5/h9-10,14H,6-8,17H2,1-5H3,(H,18,23)(H,19,22)(H,20,21)/t9-,10-/m0/s1. The van der Waals surface area contributed by atoms with Crippen LogP contribution < -0.4 is 16.4 Å². The number of nitrogens with two attached hydrogens (primary N) is 1. The van der Waals surface area contributed by atoms with E-state index >= 15 is 0 Å². The molecule has 0 bridgehead atoms. The van der Waals surface area contributed by atoms with Crippen LogP contribution in [0.25, 0.3) is 0 Å². The molecule has 1 saturated carbocycles. The molecule has 0 heterocycles. The van der Waals surface area contributed by atoms with Crippen molar-refractivity contribution in [1.82, 2.24) is 10.6 Å². The number of carboxylic acids is 1. The summed E-state index contributed by atoms with van der Waals surface area (Å²) >= 11 is 0. The van der Waals surface area contributed by atoms with Crippen molar-refractivity contribution in [2.45, 2.75) is 72.0 Å². The number of nitrogens with one attached hydrogen (secondary N) is 2. The third-order valence-electron chi connectivity index (χ3n) is 4.75. The van der Waals surface area contributed by atoms with Crippen molar-refractivity contribution in [1.29, 1.82) is 0 Å². The number of amides is 2. The fourth-order valence-electron chi connectivity index (χ4n) is 3.32. The SMILES string of the molecule is C[C@H](NC(=O)[C@@H](N)CC(=O)O)C(=O)NC1C(C)(C)CCC1(C)C. The second-order valence-corrected chi connectivity index (χ2v) is 7.85. The van der Waals surface area contributed by atoms with Crippen LogP contribution in [0, 0.1) is 10.8 Å². The Morgan fingerprint density at radius 1 is 1.13 bits per heavy atom. The number of rotatable bonds is 6. The molecule has 1 fully saturated rings. The first-order valence-corrected chi connectivity index (χ1v) is 7.95. The molecule has 0 saturated heterocycles. The van der Waals surface area contributed by atoms with Gasteiger partial charge >= 0.3 is 5.97 Å². The highest BCUT2D eigenvalue weighted by Gasteiger charge is 2.47. The Labute approximate surface area is 137 Å². The van der Waals surface area contributed by atoms with Gasteiger partial charge in [-0.2, -0.15) is 0 Å². The molecule has 0 aromatic carbocycles. The van der Waals surface area contributed by atoms with E-state index in [0.717, 1.165) is 12.8 Å². The molecule has 2 atom stereocenters. The summed E-state index contributed by atoms with van der Waals surface area (Å²) in [5, 5.41) is 14.1. The van der Waals surface area contributed by atoms with Gasteiger partial charge in [-0.25, -0.2) is 0 Å². The van der Waals surface area contributed by atoms with Crippen molar-refractivity contribution in [3.05, 3.63) is 0 Å². The lowest BCUT2D eigenvalue weighted by Crippen LogP contribution is -2.56. The van der Waals surface area contributed by atoms with E-state index in [4.69, 9.17) is 10.8 Å². The quantitative estimate of drug-likeness (QED) is 0.570. The first-order chi connectivity index (χ1) is 10.4. The zero-order chi connectivity index (χ0) is 18.0. The van der Waals surface area contributed by atoms with Gasteiger partial charge in [-0.05, 0) is 30.6 Å². The molecule has 1 aliphatic carbocycles. The van der Waals surface area contributed by atoms with Crippen molar-refractivity contribution >= 4 is 17.8 Å². The van der Waals surface area contributed by atoms with E-state index < -0.39 is 30.4 Å². The van der Waals surface area contributed by atoms with E-state index in [9.17, 15) is 14.4 Å². The molecule has 0 radical (unpaired) electrons. The van der Waals surface area contributed by atoms with Gasteiger partial charge in [0.15, 0.2) is 0 Å². The first kappa shape index (κ1) is 19.4. The lowest BCUT2D eigenvalue weighted by Gasteiger charge is -2.36. The minimum Gasteiger partial charge on any atom is -0.481 e. The minimum atomic E-state index is -1.16. The van der Waals surface area contributed by atoms with E-state index in [1.54, 1.807) is 6.92 Å². The van der Waals surface area contributed by atoms with Crippen molar-refractivity contribution < 1.29 is 19.5 Å². The molecule has 0 aromatic rings. The van der Waals surface area contributed by atoms with Gasteiger partial charge in [0.25, 0.3) is 0 Å². The minimum absolute atomic E-state index is 0.00884. The molecule has 1 rings (SSSR count). The monoisotopic (exact) mass is 327 g/mol. The van der Waals surface area contributed by atoms with Crippen LogP contribution >= 0.6 is 0 Å². The molecule has 0 aliphatic heterocycles. The third kappa shape index (κ3) is 4.92. The van der Waals surface area contributed by atoms with Gasteiger partial charge in [0, 0.05) is 6.04 Å². The smallest absolute Gasteiger partial charge is 0.305 e. The predicted octanol–water partition coefficient (Wildman–Crippen LogP) is 0.624. The predicted molar refractivity (Wildman–Crippen MR) is 86.6 cm³/mol. The maximum Gasteiger partial charge on any atom is 0.305 e. The Balaban J connectivity index is 2.64. The summed E-state index contributed by atoms with van der Waals surface area (Å²) in [5.41, 5.74) is 5.47. The van der Waals surface area contributed by atoms with E-state index in [1.165, 1.54) is 0 Å². The van der Waals surface area contributed by atoms with Crippen LogP contribution in [-0.2, 0) is 14.4 Å². The van der Waals surface area contributed by atoms with Crippen LogP contribution in [0.5, 0.6) is 0 Å². The molecule has 5 N–H and O–H groups in total. The van der Waals surface area contributed by atoms with Gasteiger partial charge in [-0.1, -0.05) is 27.7 Å². The summed E-state index contributed by atoms with van der Waals surface area (Å²) in [5.74, 6) is -2.08. The lowest BCUT2D eigenvalue weighted by molar-refractivity contribution is -0.139. The van der Waals surface area contributed by atoms with Gasteiger partial charge in [0.1, 0.15) is 6.04 Å². The summed E-state index contributed by atoms with van der Waals surface area (Å²) in [6.45, 7) is 10.1. The van der Waals surface area contributed by atoms with E-state index in [1.807, 2.05) is 0 Å². The van der Waals surface area contributed by atoms with Crippen LogP contribution in [0.2, 0.25) is 0 Å². The Bertz CT molecular complexity index is 472. The molecular formula is C16H29N3O4. The van der Waals surface area contributed by atoms with Crippen LogP contribution in [-0.4, -0.2) is 41.0 Å². The summed E-state index contributed by atoms with van der Waals surface area (Å²) in [6, 6.07) is -1.92. The number of hydrogen-bond acceptors (Lipinski definition) is 4. The molecule has 0 spiro atoms. The van der Waals surface area contributed by atoms with Crippen LogP contribution in [0.15, 0.2) is 0 Å². The second kappa shape index (κ2) is 6.86. The average molecular weight is 327 g/mol. The molecule has 132 valence electrons. The van der Waals surface area contributed by atoms with Crippen molar-refractivity contribution in [3.63, 3.8) is 0 Å². The number of carbonyl (C=O) groups is 3. The zero-order valence-corrected chi connectivity index (χ0v) is 14.6. The normalized spacial score (nSPS) is 22.2. The summed E-state index contributed by atoms with van der Waals surface area (Å²) < 4.78 is 0. The van der Waals surface area contributed by atoms with Crippen LogP contribution in [0.4, 0.5) is 0 Å². The highest BCUT2D eigenvalue weighted by atomic mass is 16.4. The molecule has 2 amide bonds. The van der Waals surface area contributed by atoms with Crippen LogP contribution in [0.3, 0.4) is 0 Å². The molecular weight excluding hydrogens is 298 g/mol. The fourth-order valence-corrected chi connectivity index (χ4v) is 3.32. The Hall–Kier alpha value is -1.63. The lowest BCUT2D eigenvalue weighted by atomic mass is 9.78. The van der Waals surface area contributed by atoms with Gasteiger partial charge in [-0.3, -0.25) is 14.4 Å². The molecule has 1 aliphatic rings. The number of hydrogen-bond donors (Lipinski definition) is 4. The summed E-state index contributed by atoms with van der Waals surface area (Å²) in [7, 11) is 0. The number of carboxylic acid groups (broad SMARTS) is 1. The topological polar surface area (TPSA) is 122 Å². The fraction of sp³-hybridized carbons (Fsp3) is 0.812. The zero-order valence-electron chi connectivity index (χ0n) is 14.6. The van der Waals surface area contributed by atoms with Gasteiger partial charge in [0.05, 0.1) is 12.5 Å². The maximum absolute atomic E-state index is 12.4. The van der Waals surface area contributed by atoms with Gasteiger partial charge in [0.2, 0.25) is 11.8 Å². The van der Waals surface area contributed by atoms with Gasteiger partial charge < -0.3 is 21.5 Å². The Morgan fingerprint density at radius 2 is 1.61 bits per heavy atom. The highest BCUT2D eigenvalue weighted by Crippen LogP contribution is 2.48. The van der Waals surface area contributed by atoms with Crippen molar-refractivity contribution in [2.24, 2.45) is 16.6 Å². The van der Waals surface area contributed by atoms with Crippen molar-refractivity contribution in [3.8, 4) is 0 Å². The van der Waals surface area contributed by atoms with E-state index in [-0.39, 0.29) is 22.8 Å². The number of carbonyl (C=O) groups excluding carboxylic acids is 2. The summed E-state index contributed by atoms with van der Waals surface area (Å²) in [6.07, 6.45) is 1.58. The molecule has 7 heteroatoms. The highest BCUT2D eigenvalue weighted by molar-refractivity contribution is 5.91. The van der Waals surface area contributed by atoms with E-state index in [2.05, 4.69) is 38.3 Å². The molecule has 0 aromatic heterocycles. The molecule has 0 unspecified atom stereocenters. The maximum atomic E-state index is 12.4. The van der Waals surface area contributed by atoms with E-state index in [0.29, 0.717) is 0 Å². The van der Waals surface area contributed by atoms with Crippen LogP contribution in [0.1, 0.15) is 53.9 Å². The summed E-state index contributed by atoms with van der Waals surface area (Å²) in [4.78, 5) is 34.7. The Kier molecular flexibility index (Phi) is 5.79.